The Bertz CT molecular complexity index is 567. The van der Waals surface area contributed by atoms with E-state index in [-0.39, 0.29) is 5.41 Å². The lowest BCUT2D eigenvalue weighted by molar-refractivity contribution is 0.563. The molecule has 4 heteroatoms. The Labute approximate surface area is 119 Å². The van der Waals surface area contributed by atoms with Gasteiger partial charge >= 0.3 is 0 Å². The zero-order chi connectivity index (χ0) is 14.0. The Morgan fingerprint density at radius 3 is 2.63 bits per heavy atom. The molecule has 0 aliphatic rings. The first-order valence-electron chi connectivity index (χ1n) is 6.50. The molecule has 0 aromatic carbocycles. The summed E-state index contributed by atoms with van der Waals surface area (Å²) < 4.78 is 0. The number of rotatable bonds is 3. The molecule has 0 radical (unpaired) electrons. The molecule has 0 aliphatic heterocycles. The average molecular weight is 275 g/mol. The quantitative estimate of drug-likeness (QED) is 0.931. The van der Waals surface area contributed by atoms with Crippen molar-refractivity contribution in [3.63, 3.8) is 0 Å². The monoisotopic (exact) mass is 275 g/mol. The molecule has 0 unspecified atom stereocenters. The predicted octanol–water partition coefficient (Wildman–Crippen LogP) is 3.53. The molecule has 2 rings (SSSR count). The van der Waals surface area contributed by atoms with Crippen LogP contribution in [0.5, 0.6) is 0 Å². The number of hydrogen-bond acceptors (Lipinski definition) is 4. The van der Waals surface area contributed by atoms with E-state index in [4.69, 9.17) is 4.98 Å². The van der Waals surface area contributed by atoms with Gasteiger partial charge in [-0.1, -0.05) is 26.8 Å². The summed E-state index contributed by atoms with van der Waals surface area (Å²) in [4.78, 5) is 10.6. The van der Waals surface area contributed by atoms with Crippen molar-refractivity contribution in [2.75, 3.05) is 7.05 Å². The van der Waals surface area contributed by atoms with Crippen molar-refractivity contribution in [1.29, 1.82) is 0 Å². The first kappa shape index (κ1) is 14.2. The molecule has 0 bridgehead atoms. The van der Waals surface area contributed by atoms with Gasteiger partial charge in [0, 0.05) is 23.0 Å². The third-order valence-electron chi connectivity index (χ3n) is 2.96. The lowest BCUT2D eigenvalue weighted by atomic mass is 9.91. The molecule has 0 atom stereocenters. The second-order valence-corrected chi connectivity index (χ2v) is 6.82. The Balaban J connectivity index is 2.52. The number of nitrogens with zero attached hydrogens (tertiary/aromatic N) is 2. The number of aromatic nitrogens is 2. The maximum atomic E-state index is 4.85. The van der Waals surface area contributed by atoms with Crippen molar-refractivity contribution < 1.29 is 0 Å². The van der Waals surface area contributed by atoms with Crippen LogP contribution in [0.25, 0.3) is 10.7 Å². The van der Waals surface area contributed by atoms with Crippen LogP contribution in [-0.4, -0.2) is 17.0 Å². The molecule has 3 nitrogen and oxygen atoms in total. The standard InChI is InChI=1S/C15H21N3S/c1-10-7-6-8-17-12(10)14-18-13(15(2,3)4)11(19-14)9-16-5/h6-8,16H,9H2,1-5H3. The Morgan fingerprint density at radius 1 is 1.32 bits per heavy atom. The molecule has 0 amide bonds. The van der Waals surface area contributed by atoms with Gasteiger partial charge in [0.25, 0.3) is 0 Å². The lowest BCUT2D eigenvalue weighted by Crippen LogP contribution is -2.16. The third-order valence-corrected chi connectivity index (χ3v) is 4.02. The number of hydrogen-bond donors (Lipinski definition) is 1. The van der Waals surface area contributed by atoms with Crippen molar-refractivity contribution in [1.82, 2.24) is 15.3 Å². The maximum Gasteiger partial charge on any atom is 0.142 e. The molecule has 0 saturated heterocycles. The minimum Gasteiger partial charge on any atom is -0.315 e. The highest BCUT2D eigenvalue weighted by atomic mass is 32.1. The summed E-state index contributed by atoms with van der Waals surface area (Å²) >= 11 is 1.74. The van der Waals surface area contributed by atoms with Crippen LogP contribution in [0.3, 0.4) is 0 Å². The minimum absolute atomic E-state index is 0.0591. The molecule has 0 spiro atoms. The molecule has 0 saturated carbocycles. The van der Waals surface area contributed by atoms with E-state index >= 15 is 0 Å². The average Bonchev–Trinajstić information content (AvgIpc) is 2.74. The summed E-state index contributed by atoms with van der Waals surface area (Å²) in [6, 6.07) is 4.05. The zero-order valence-corrected chi connectivity index (χ0v) is 13.1. The van der Waals surface area contributed by atoms with E-state index in [0.29, 0.717) is 0 Å². The zero-order valence-electron chi connectivity index (χ0n) is 12.2. The van der Waals surface area contributed by atoms with Crippen LogP contribution < -0.4 is 5.32 Å². The Morgan fingerprint density at radius 2 is 2.05 bits per heavy atom. The minimum atomic E-state index is 0.0591. The number of nitrogens with one attached hydrogen (secondary N) is 1. The van der Waals surface area contributed by atoms with Gasteiger partial charge in [0.2, 0.25) is 0 Å². The van der Waals surface area contributed by atoms with Gasteiger partial charge in [-0.15, -0.1) is 11.3 Å². The molecule has 102 valence electrons. The van der Waals surface area contributed by atoms with Crippen LogP contribution in [0.15, 0.2) is 18.3 Å². The number of aryl methyl sites for hydroxylation is 1. The van der Waals surface area contributed by atoms with E-state index in [1.165, 1.54) is 16.1 Å². The Kier molecular flexibility index (Phi) is 4.02. The molecule has 1 N–H and O–H groups in total. The fourth-order valence-corrected chi connectivity index (χ4v) is 3.37. The van der Waals surface area contributed by atoms with Crippen molar-refractivity contribution in [3.8, 4) is 10.7 Å². The highest BCUT2D eigenvalue weighted by molar-refractivity contribution is 7.15. The van der Waals surface area contributed by atoms with Crippen molar-refractivity contribution in [2.45, 2.75) is 39.7 Å². The van der Waals surface area contributed by atoms with Gasteiger partial charge in [0.15, 0.2) is 0 Å². The van der Waals surface area contributed by atoms with Gasteiger partial charge < -0.3 is 5.32 Å². The fourth-order valence-electron chi connectivity index (χ4n) is 2.03. The molecule has 2 aromatic heterocycles. The van der Waals surface area contributed by atoms with E-state index in [9.17, 15) is 0 Å². The van der Waals surface area contributed by atoms with E-state index in [0.717, 1.165) is 17.2 Å². The summed E-state index contributed by atoms with van der Waals surface area (Å²) in [6.07, 6.45) is 1.83. The molecule has 19 heavy (non-hydrogen) atoms. The smallest absolute Gasteiger partial charge is 0.142 e. The first-order chi connectivity index (χ1) is 8.93. The van der Waals surface area contributed by atoms with E-state index in [1.807, 2.05) is 19.3 Å². The Hall–Kier alpha value is -1.26. The maximum absolute atomic E-state index is 4.85. The van der Waals surface area contributed by atoms with Crippen LogP contribution in [0.4, 0.5) is 0 Å². The highest BCUT2D eigenvalue weighted by Gasteiger charge is 2.24. The molecule has 0 aliphatic carbocycles. The number of thiazole rings is 1. The molecular formula is C15H21N3S. The van der Waals surface area contributed by atoms with Crippen LogP contribution in [0.1, 0.15) is 36.9 Å². The van der Waals surface area contributed by atoms with Crippen LogP contribution >= 0.6 is 11.3 Å². The largest absolute Gasteiger partial charge is 0.315 e. The van der Waals surface area contributed by atoms with Crippen LogP contribution in [0.2, 0.25) is 0 Å². The fraction of sp³-hybridized carbons (Fsp3) is 0.467. The van der Waals surface area contributed by atoms with Gasteiger partial charge in [0.1, 0.15) is 10.7 Å². The van der Waals surface area contributed by atoms with E-state index in [1.54, 1.807) is 11.3 Å². The van der Waals surface area contributed by atoms with Gasteiger partial charge in [0.05, 0.1) is 5.69 Å². The summed E-state index contributed by atoms with van der Waals surface area (Å²) in [7, 11) is 1.97. The van der Waals surface area contributed by atoms with Crippen molar-refractivity contribution in [3.05, 3.63) is 34.5 Å². The summed E-state index contributed by atoms with van der Waals surface area (Å²) in [6.45, 7) is 9.55. The predicted molar refractivity (Wildman–Crippen MR) is 81.5 cm³/mol. The third kappa shape index (κ3) is 3.01. The summed E-state index contributed by atoms with van der Waals surface area (Å²) in [5, 5.41) is 4.25. The SMILES string of the molecule is CNCc1sc(-c2ncccc2C)nc1C(C)(C)C. The normalized spacial score (nSPS) is 11.8. The van der Waals surface area contributed by atoms with Crippen LogP contribution in [0, 0.1) is 6.92 Å². The molecule has 2 heterocycles. The van der Waals surface area contributed by atoms with Crippen molar-refractivity contribution >= 4 is 11.3 Å². The van der Waals surface area contributed by atoms with Gasteiger partial charge in [-0.05, 0) is 25.6 Å². The summed E-state index contributed by atoms with van der Waals surface area (Å²) in [5.41, 5.74) is 3.41. The summed E-state index contributed by atoms with van der Waals surface area (Å²) in [5.74, 6) is 0. The van der Waals surface area contributed by atoms with Crippen LogP contribution in [-0.2, 0) is 12.0 Å². The highest BCUT2D eigenvalue weighted by Crippen LogP contribution is 2.34. The lowest BCUT2D eigenvalue weighted by Gasteiger charge is -2.17. The molecule has 2 aromatic rings. The molecular weight excluding hydrogens is 254 g/mol. The number of pyridine rings is 1. The second-order valence-electron chi connectivity index (χ2n) is 5.74. The van der Waals surface area contributed by atoms with Crippen molar-refractivity contribution in [2.24, 2.45) is 0 Å². The van der Waals surface area contributed by atoms with E-state index < -0.39 is 0 Å². The van der Waals surface area contributed by atoms with Gasteiger partial charge in [-0.2, -0.15) is 0 Å². The van der Waals surface area contributed by atoms with E-state index in [2.05, 4.69) is 44.1 Å². The topological polar surface area (TPSA) is 37.8 Å². The first-order valence-corrected chi connectivity index (χ1v) is 7.32. The second kappa shape index (κ2) is 5.39. The van der Waals surface area contributed by atoms with Gasteiger partial charge in [-0.25, -0.2) is 4.98 Å². The molecule has 0 fully saturated rings. The van der Waals surface area contributed by atoms with Gasteiger partial charge in [-0.3, -0.25) is 4.98 Å².